The van der Waals surface area contributed by atoms with Crippen LogP contribution in [0.5, 0.6) is 0 Å². The van der Waals surface area contributed by atoms with Crippen LogP contribution in [-0.2, 0) is 13.1 Å². The molecule has 0 aliphatic rings. The van der Waals surface area contributed by atoms with Crippen LogP contribution in [0.4, 0.5) is 0 Å². The van der Waals surface area contributed by atoms with Gasteiger partial charge in [0.15, 0.2) is 0 Å². The Labute approximate surface area is 101 Å². The quantitative estimate of drug-likeness (QED) is 0.870. The molecule has 0 aliphatic heterocycles. The Morgan fingerprint density at radius 1 is 1.35 bits per heavy atom. The lowest BCUT2D eigenvalue weighted by Crippen LogP contribution is -2.16. The van der Waals surface area contributed by atoms with Crippen LogP contribution in [0.15, 0.2) is 18.5 Å². The molecule has 0 saturated carbocycles. The van der Waals surface area contributed by atoms with Crippen molar-refractivity contribution in [1.82, 2.24) is 19.6 Å². The van der Waals surface area contributed by atoms with Crippen molar-refractivity contribution in [3.8, 4) is 0 Å². The molecule has 0 bridgehead atoms. The molecule has 0 saturated heterocycles. The standard InChI is InChI=1S/C12H19N5/c1-4-16-8-10(7-14-16)12(13)11-6-9(3)15-17(11)5-2/h6-8,12H,4-5,13H2,1-3H3. The summed E-state index contributed by atoms with van der Waals surface area (Å²) < 4.78 is 3.83. The van der Waals surface area contributed by atoms with Crippen LogP contribution >= 0.6 is 0 Å². The Kier molecular flexibility index (Phi) is 3.28. The molecule has 2 aromatic heterocycles. The van der Waals surface area contributed by atoms with Gasteiger partial charge in [-0.25, -0.2) is 0 Å². The number of nitrogens with zero attached hydrogens (tertiary/aromatic N) is 4. The van der Waals surface area contributed by atoms with Crippen LogP contribution < -0.4 is 5.73 Å². The zero-order chi connectivity index (χ0) is 12.4. The van der Waals surface area contributed by atoms with Crippen molar-refractivity contribution in [1.29, 1.82) is 0 Å². The summed E-state index contributed by atoms with van der Waals surface area (Å²) in [5.41, 5.74) is 9.33. The van der Waals surface area contributed by atoms with E-state index < -0.39 is 0 Å². The SMILES string of the molecule is CCn1cc(C(N)c2cc(C)nn2CC)cn1. The van der Waals surface area contributed by atoms with E-state index in [2.05, 4.69) is 24.0 Å². The third-order valence-electron chi connectivity index (χ3n) is 2.89. The first-order chi connectivity index (χ1) is 8.15. The molecule has 1 atom stereocenters. The average molecular weight is 233 g/mol. The zero-order valence-corrected chi connectivity index (χ0v) is 10.6. The van der Waals surface area contributed by atoms with Crippen LogP contribution in [0.3, 0.4) is 0 Å². The molecule has 0 spiro atoms. The minimum absolute atomic E-state index is 0.156. The number of aromatic nitrogens is 4. The monoisotopic (exact) mass is 233 g/mol. The Hall–Kier alpha value is -1.62. The van der Waals surface area contributed by atoms with E-state index in [4.69, 9.17) is 5.73 Å². The summed E-state index contributed by atoms with van der Waals surface area (Å²) in [7, 11) is 0. The maximum atomic E-state index is 6.26. The van der Waals surface area contributed by atoms with Gasteiger partial charge in [0.05, 0.1) is 23.6 Å². The summed E-state index contributed by atoms with van der Waals surface area (Å²) >= 11 is 0. The van der Waals surface area contributed by atoms with Crippen LogP contribution in [0, 0.1) is 6.92 Å². The van der Waals surface area contributed by atoms with E-state index in [1.807, 2.05) is 34.7 Å². The highest BCUT2D eigenvalue weighted by atomic mass is 15.3. The number of aryl methyl sites for hydroxylation is 3. The fraction of sp³-hybridized carbons (Fsp3) is 0.500. The van der Waals surface area contributed by atoms with Crippen LogP contribution in [0.25, 0.3) is 0 Å². The smallest absolute Gasteiger partial charge is 0.0754 e. The van der Waals surface area contributed by atoms with Crippen molar-refractivity contribution in [2.24, 2.45) is 5.73 Å². The van der Waals surface area contributed by atoms with Crippen molar-refractivity contribution in [2.75, 3.05) is 0 Å². The van der Waals surface area contributed by atoms with Crippen LogP contribution in [0.1, 0.15) is 36.8 Å². The molecule has 2 rings (SSSR count). The lowest BCUT2D eigenvalue weighted by Gasteiger charge is -2.11. The normalized spacial score (nSPS) is 12.9. The van der Waals surface area contributed by atoms with Gasteiger partial charge in [0.1, 0.15) is 0 Å². The molecule has 2 heterocycles. The molecule has 0 aliphatic carbocycles. The first-order valence-electron chi connectivity index (χ1n) is 5.98. The first-order valence-corrected chi connectivity index (χ1v) is 5.98. The maximum absolute atomic E-state index is 6.26. The van der Waals surface area contributed by atoms with Gasteiger partial charge in [-0.05, 0) is 26.8 Å². The first kappa shape index (κ1) is 11.9. The Balaban J connectivity index is 2.32. The molecule has 5 heteroatoms. The fourth-order valence-electron chi connectivity index (χ4n) is 1.95. The van der Waals surface area contributed by atoms with Crippen molar-refractivity contribution < 1.29 is 0 Å². The molecule has 0 fully saturated rings. The fourth-order valence-corrected chi connectivity index (χ4v) is 1.95. The summed E-state index contributed by atoms with van der Waals surface area (Å²) in [5.74, 6) is 0. The molecular formula is C12H19N5. The highest BCUT2D eigenvalue weighted by Gasteiger charge is 2.16. The van der Waals surface area contributed by atoms with Gasteiger partial charge in [-0.1, -0.05) is 0 Å². The second-order valence-electron chi connectivity index (χ2n) is 4.13. The zero-order valence-electron chi connectivity index (χ0n) is 10.6. The number of hydrogen-bond acceptors (Lipinski definition) is 3. The van der Waals surface area contributed by atoms with E-state index in [0.29, 0.717) is 0 Å². The van der Waals surface area contributed by atoms with Gasteiger partial charge in [0.25, 0.3) is 0 Å². The summed E-state index contributed by atoms with van der Waals surface area (Å²) in [5, 5.41) is 8.66. The molecular weight excluding hydrogens is 214 g/mol. The molecule has 1 unspecified atom stereocenters. The summed E-state index contributed by atoms with van der Waals surface area (Å²) in [6.45, 7) is 7.80. The largest absolute Gasteiger partial charge is 0.319 e. The average Bonchev–Trinajstić information content (AvgIpc) is 2.93. The summed E-state index contributed by atoms with van der Waals surface area (Å²) in [4.78, 5) is 0. The van der Waals surface area contributed by atoms with Crippen molar-refractivity contribution >= 4 is 0 Å². The highest BCUT2D eigenvalue weighted by Crippen LogP contribution is 2.19. The summed E-state index contributed by atoms with van der Waals surface area (Å²) in [6, 6.07) is 1.88. The second kappa shape index (κ2) is 4.71. The lowest BCUT2D eigenvalue weighted by molar-refractivity contribution is 0.596. The van der Waals surface area contributed by atoms with Gasteiger partial charge >= 0.3 is 0 Å². The topological polar surface area (TPSA) is 61.7 Å². The third kappa shape index (κ3) is 2.24. The third-order valence-corrected chi connectivity index (χ3v) is 2.89. The Bertz CT molecular complexity index is 497. The Morgan fingerprint density at radius 2 is 2.12 bits per heavy atom. The van der Waals surface area contributed by atoms with E-state index in [9.17, 15) is 0 Å². The van der Waals surface area contributed by atoms with Gasteiger partial charge in [-0.2, -0.15) is 10.2 Å². The van der Waals surface area contributed by atoms with E-state index in [1.165, 1.54) is 0 Å². The van der Waals surface area contributed by atoms with Crippen molar-refractivity contribution in [3.63, 3.8) is 0 Å². The summed E-state index contributed by atoms with van der Waals surface area (Å²) in [6.07, 6.45) is 3.82. The van der Waals surface area contributed by atoms with Crippen molar-refractivity contribution in [2.45, 2.75) is 39.9 Å². The molecule has 2 aromatic rings. The van der Waals surface area contributed by atoms with Gasteiger partial charge in [-0.3, -0.25) is 9.36 Å². The van der Waals surface area contributed by atoms with E-state index in [1.54, 1.807) is 0 Å². The van der Waals surface area contributed by atoms with Gasteiger partial charge < -0.3 is 5.73 Å². The van der Waals surface area contributed by atoms with Gasteiger partial charge in [-0.15, -0.1) is 0 Å². The Morgan fingerprint density at radius 3 is 2.71 bits per heavy atom. The van der Waals surface area contributed by atoms with E-state index in [-0.39, 0.29) is 6.04 Å². The molecule has 92 valence electrons. The highest BCUT2D eigenvalue weighted by molar-refractivity contribution is 5.24. The molecule has 2 N–H and O–H groups in total. The molecule has 17 heavy (non-hydrogen) atoms. The van der Waals surface area contributed by atoms with Gasteiger partial charge in [0, 0.05) is 24.8 Å². The molecule has 0 radical (unpaired) electrons. The lowest BCUT2D eigenvalue weighted by atomic mass is 10.1. The van der Waals surface area contributed by atoms with Crippen LogP contribution in [-0.4, -0.2) is 19.6 Å². The second-order valence-corrected chi connectivity index (χ2v) is 4.13. The minimum atomic E-state index is -0.156. The predicted molar refractivity (Wildman–Crippen MR) is 66.6 cm³/mol. The maximum Gasteiger partial charge on any atom is 0.0754 e. The molecule has 0 aromatic carbocycles. The minimum Gasteiger partial charge on any atom is -0.319 e. The van der Waals surface area contributed by atoms with E-state index >= 15 is 0 Å². The number of rotatable bonds is 4. The number of nitrogens with two attached hydrogens (primary N) is 1. The van der Waals surface area contributed by atoms with Crippen molar-refractivity contribution in [3.05, 3.63) is 35.4 Å². The molecule has 0 amide bonds. The van der Waals surface area contributed by atoms with Crippen LogP contribution in [0.2, 0.25) is 0 Å². The molecule has 5 nitrogen and oxygen atoms in total. The predicted octanol–water partition coefficient (Wildman–Crippen LogP) is 1.48. The van der Waals surface area contributed by atoms with E-state index in [0.717, 1.165) is 30.0 Å². The number of hydrogen-bond donors (Lipinski definition) is 1. The van der Waals surface area contributed by atoms with Gasteiger partial charge in [0.2, 0.25) is 0 Å².